The number of benzene rings is 1. The Bertz CT molecular complexity index is 880. The molecule has 3 aromatic rings. The van der Waals surface area contributed by atoms with Gasteiger partial charge in [-0.05, 0) is 55.0 Å². The van der Waals surface area contributed by atoms with Crippen LogP contribution in [0, 0.1) is 6.92 Å². The first-order valence-electron chi connectivity index (χ1n) is 7.61. The highest BCUT2D eigenvalue weighted by Gasteiger charge is 2.18. The lowest BCUT2D eigenvalue weighted by atomic mass is 10.1. The summed E-state index contributed by atoms with van der Waals surface area (Å²) in [5, 5.41) is 0.616. The molecule has 3 rings (SSSR count). The Morgan fingerprint density at radius 1 is 1.21 bits per heavy atom. The number of carbonyl (C=O) groups excluding carboxylic acids is 1. The van der Waals surface area contributed by atoms with E-state index in [9.17, 15) is 4.79 Å². The molecule has 0 unspecified atom stereocenters. The molecule has 0 aliphatic heterocycles. The third kappa shape index (κ3) is 3.19. The summed E-state index contributed by atoms with van der Waals surface area (Å²) in [5.74, 6) is -0.0109. The number of nitrogen functional groups attached to an aromatic ring is 1. The predicted molar refractivity (Wildman–Crippen MR) is 96.5 cm³/mol. The minimum absolute atomic E-state index is 0.0109. The van der Waals surface area contributed by atoms with E-state index in [-0.39, 0.29) is 5.78 Å². The number of ketones is 1. The van der Waals surface area contributed by atoms with Gasteiger partial charge in [-0.3, -0.25) is 9.78 Å². The Labute approximate surface area is 145 Å². The van der Waals surface area contributed by atoms with E-state index in [0.29, 0.717) is 28.4 Å². The topological polar surface area (TPSA) is 60.9 Å². The Hall–Kier alpha value is -2.59. The fourth-order valence-corrected chi connectivity index (χ4v) is 2.91. The van der Waals surface area contributed by atoms with Crippen LogP contribution in [0.3, 0.4) is 0 Å². The van der Waals surface area contributed by atoms with Crippen LogP contribution in [0.1, 0.15) is 33.0 Å². The van der Waals surface area contributed by atoms with Crippen LogP contribution in [0.5, 0.6) is 0 Å². The van der Waals surface area contributed by atoms with Crippen LogP contribution >= 0.6 is 11.6 Å². The summed E-state index contributed by atoms with van der Waals surface area (Å²) in [4.78, 5) is 17.1. The molecule has 5 heteroatoms. The highest BCUT2D eigenvalue weighted by Crippen LogP contribution is 2.21. The summed E-state index contributed by atoms with van der Waals surface area (Å²) >= 11 is 5.90. The standard InChI is InChI=1S/C19H18ClN3O/c1-12-9-17(10-16-8-7-15(21)11-22-16)23(2)18(12)19(24)13-3-5-14(20)6-4-13/h3-9,11H,10,21H2,1-2H3. The second-order valence-corrected chi connectivity index (χ2v) is 6.26. The second-order valence-electron chi connectivity index (χ2n) is 5.82. The van der Waals surface area contributed by atoms with Gasteiger partial charge in [0.2, 0.25) is 5.78 Å². The number of rotatable bonds is 4. The molecule has 0 aliphatic carbocycles. The van der Waals surface area contributed by atoms with Crippen molar-refractivity contribution in [3.63, 3.8) is 0 Å². The highest BCUT2D eigenvalue weighted by atomic mass is 35.5. The molecule has 0 amide bonds. The lowest BCUT2D eigenvalue weighted by Crippen LogP contribution is -2.11. The van der Waals surface area contributed by atoms with Crippen molar-refractivity contribution in [3.8, 4) is 0 Å². The van der Waals surface area contributed by atoms with E-state index in [1.807, 2.05) is 36.7 Å². The molecule has 2 aromatic heterocycles. The Morgan fingerprint density at radius 3 is 2.54 bits per heavy atom. The molecule has 24 heavy (non-hydrogen) atoms. The molecule has 122 valence electrons. The summed E-state index contributed by atoms with van der Waals surface area (Å²) in [5.41, 5.74) is 10.5. The van der Waals surface area contributed by atoms with Crippen LogP contribution in [-0.4, -0.2) is 15.3 Å². The van der Waals surface area contributed by atoms with Gasteiger partial charge in [0.15, 0.2) is 0 Å². The van der Waals surface area contributed by atoms with Crippen LogP contribution in [0.2, 0.25) is 5.02 Å². The molecular weight excluding hydrogens is 322 g/mol. The van der Waals surface area contributed by atoms with Crippen molar-refractivity contribution in [2.75, 3.05) is 5.73 Å². The molecule has 0 saturated carbocycles. The van der Waals surface area contributed by atoms with E-state index in [1.54, 1.807) is 30.5 Å². The van der Waals surface area contributed by atoms with Gasteiger partial charge in [-0.2, -0.15) is 0 Å². The number of halogens is 1. The van der Waals surface area contributed by atoms with Crippen LogP contribution in [0.25, 0.3) is 0 Å². The Balaban J connectivity index is 1.92. The largest absolute Gasteiger partial charge is 0.397 e. The van der Waals surface area contributed by atoms with Gasteiger partial charge in [0.25, 0.3) is 0 Å². The van der Waals surface area contributed by atoms with Crippen molar-refractivity contribution in [3.05, 3.63) is 81.9 Å². The fourth-order valence-electron chi connectivity index (χ4n) is 2.79. The van der Waals surface area contributed by atoms with Crippen LogP contribution in [0.4, 0.5) is 5.69 Å². The average molecular weight is 340 g/mol. The monoisotopic (exact) mass is 339 g/mol. The first-order chi connectivity index (χ1) is 11.5. The summed E-state index contributed by atoms with van der Waals surface area (Å²) in [7, 11) is 1.91. The quantitative estimate of drug-likeness (QED) is 0.736. The number of hydrogen-bond acceptors (Lipinski definition) is 3. The van der Waals surface area contributed by atoms with Gasteiger partial charge in [0, 0.05) is 35.4 Å². The Kier molecular flexibility index (Phi) is 4.40. The minimum atomic E-state index is -0.0109. The number of nitrogens with two attached hydrogens (primary N) is 1. The van der Waals surface area contributed by atoms with Crippen LogP contribution in [-0.2, 0) is 13.5 Å². The maximum atomic E-state index is 12.8. The molecule has 0 bridgehead atoms. The minimum Gasteiger partial charge on any atom is -0.397 e. The molecule has 1 aromatic carbocycles. The van der Waals surface area contributed by atoms with E-state index < -0.39 is 0 Å². The Morgan fingerprint density at radius 2 is 1.92 bits per heavy atom. The van der Waals surface area contributed by atoms with Gasteiger partial charge < -0.3 is 10.3 Å². The van der Waals surface area contributed by atoms with Crippen LogP contribution in [0.15, 0.2) is 48.7 Å². The van der Waals surface area contributed by atoms with Gasteiger partial charge in [-0.1, -0.05) is 11.6 Å². The van der Waals surface area contributed by atoms with E-state index in [4.69, 9.17) is 17.3 Å². The molecule has 2 heterocycles. The number of aryl methyl sites for hydroxylation is 1. The van der Waals surface area contributed by atoms with Gasteiger partial charge in [-0.25, -0.2) is 0 Å². The van der Waals surface area contributed by atoms with Gasteiger partial charge >= 0.3 is 0 Å². The van der Waals surface area contributed by atoms with Crippen molar-refractivity contribution >= 4 is 23.1 Å². The number of anilines is 1. The van der Waals surface area contributed by atoms with Gasteiger partial charge in [-0.15, -0.1) is 0 Å². The SMILES string of the molecule is Cc1cc(Cc2ccc(N)cn2)n(C)c1C(=O)c1ccc(Cl)cc1. The van der Waals surface area contributed by atoms with E-state index >= 15 is 0 Å². The van der Waals surface area contributed by atoms with Crippen molar-refractivity contribution in [1.29, 1.82) is 0 Å². The summed E-state index contributed by atoms with van der Waals surface area (Å²) in [6, 6.07) is 12.7. The van der Waals surface area contributed by atoms with Gasteiger partial charge in [0.1, 0.15) is 0 Å². The van der Waals surface area contributed by atoms with E-state index in [2.05, 4.69) is 4.98 Å². The molecule has 0 atom stereocenters. The van der Waals surface area contributed by atoms with Crippen molar-refractivity contribution < 1.29 is 4.79 Å². The zero-order valence-electron chi connectivity index (χ0n) is 13.6. The van der Waals surface area contributed by atoms with Crippen molar-refractivity contribution in [1.82, 2.24) is 9.55 Å². The number of aromatic nitrogens is 2. The number of nitrogens with zero attached hydrogens (tertiary/aromatic N) is 2. The molecule has 0 radical (unpaired) electrons. The molecule has 4 nitrogen and oxygen atoms in total. The molecule has 0 spiro atoms. The van der Waals surface area contributed by atoms with E-state index in [0.717, 1.165) is 17.0 Å². The first kappa shape index (κ1) is 16.3. The molecule has 2 N–H and O–H groups in total. The second kappa shape index (κ2) is 6.49. The molecular formula is C19H18ClN3O. The zero-order valence-corrected chi connectivity index (χ0v) is 14.3. The first-order valence-corrected chi connectivity index (χ1v) is 7.99. The van der Waals surface area contributed by atoms with Gasteiger partial charge in [0.05, 0.1) is 17.6 Å². The average Bonchev–Trinajstić information content (AvgIpc) is 2.83. The summed E-state index contributed by atoms with van der Waals surface area (Å²) < 4.78 is 1.93. The summed E-state index contributed by atoms with van der Waals surface area (Å²) in [6.45, 7) is 1.95. The van der Waals surface area contributed by atoms with Crippen molar-refractivity contribution in [2.24, 2.45) is 7.05 Å². The molecule has 0 fully saturated rings. The normalized spacial score (nSPS) is 10.8. The number of hydrogen-bond donors (Lipinski definition) is 1. The number of pyridine rings is 1. The van der Waals surface area contributed by atoms with Crippen molar-refractivity contribution in [2.45, 2.75) is 13.3 Å². The predicted octanol–water partition coefficient (Wildman–Crippen LogP) is 3.79. The maximum Gasteiger partial charge on any atom is 0.209 e. The molecule has 0 saturated heterocycles. The lowest BCUT2D eigenvalue weighted by Gasteiger charge is -2.08. The smallest absolute Gasteiger partial charge is 0.209 e. The maximum absolute atomic E-state index is 12.8. The third-order valence-corrected chi connectivity index (χ3v) is 4.31. The van der Waals surface area contributed by atoms with Crippen LogP contribution < -0.4 is 5.73 Å². The fraction of sp³-hybridized carbons (Fsp3) is 0.158. The highest BCUT2D eigenvalue weighted by molar-refractivity contribution is 6.30. The lowest BCUT2D eigenvalue weighted by molar-refractivity contribution is 0.103. The molecule has 0 aliphatic rings. The third-order valence-electron chi connectivity index (χ3n) is 4.05. The zero-order chi connectivity index (χ0) is 17.3. The number of carbonyl (C=O) groups is 1. The van der Waals surface area contributed by atoms with E-state index in [1.165, 1.54) is 0 Å². The summed E-state index contributed by atoms with van der Waals surface area (Å²) in [6.07, 6.45) is 2.29.